The molecule has 0 heterocycles. The van der Waals surface area contributed by atoms with Crippen LogP contribution in [0, 0.1) is 0 Å². The Morgan fingerprint density at radius 1 is 0.233 bits per heavy atom. The number of rotatable bonds is 50. The van der Waals surface area contributed by atoms with Gasteiger partial charge >= 0.3 is 14.4 Å². The first-order chi connectivity index (χ1) is 35.5. The Balaban J connectivity index is -0.000000144. The summed E-state index contributed by atoms with van der Waals surface area (Å²) in [6.45, 7) is 11.9. The van der Waals surface area contributed by atoms with Gasteiger partial charge in [-0.2, -0.15) is 0 Å². The highest BCUT2D eigenvalue weighted by molar-refractivity contribution is 8.06. The van der Waals surface area contributed by atoms with E-state index >= 15 is 0 Å². The molecule has 15 N–H and O–H groups in total. The molecule has 0 aromatic heterocycles. The van der Waals surface area contributed by atoms with Gasteiger partial charge in [-0.1, -0.05) is 324 Å². The summed E-state index contributed by atoms with van der Waals surface area (Å²) in [5.74, 6) is 0. The zero-order valence-corrected chi connectivity index (χ0v) is 52.3. The van der Waals surface area contributed by atoms with Crippen molar-refractivity contribution in [2.45, 2.75) is 356 Å². The third-order valence-electron chi connectivity index (χ3n) is 12.8. The second kappa shape index (κ2) is 94.7. The van der Waals surface area contributed by atoms with Crippen molar-refractivity contribution in [3.05, 3.63) is 0 Å². The van der Waals surface area contributed by atoms with Gasteiger partial charge in [0.25, 0.3) is 0 Å². The average molecular weight is 1090 g/mol. The van der Waals surface area contributed by atoms with Gasteiger partial charge in [0.1, 0.15) is 0 Å². The molecule has 450 valence electrons. The molecule has 0 saturated heterocycles. The van der Waals surface area contributed by atoms with E-state index in [1.807, 2.05) is 0 Å². The minimum atomic E-state index is -3.81. The van der Waals surface area contributed by atoms with Crippen molar-refractivity contribution in [1.29, 1.82) is 0 Å². The molecule has 0 aliphatic heterocycles. The Kier molecular flexibility index (Phi) is 113. The van der Waals surface area contributed by atoms with Crippen LogP contribution >= 0.6 is 6.72 Å². The molecule has 0 aliphatic rings. The molecular formula is C60H141BN5O5PS. The molecule has 10 nitrogen and oxygen atoms in total. The van der Waals surface area contributed by atoms with Crippen molar-refractivity contribution in [3.8, 4) is 0 Å². The van der Waals surface area contributed by atoms with E-state index in [2.05, 4.69) is 46.4 Å². The number of nitrogens with two attached hydrogens (primary N) is 5. The lowest BCUT2D eigenvalue weighted by Gasteiger charge is -2.00. The van der Waals surface area contributed by atoms with Crippen molar-refractivity contribution in [1.82, 2.24) is 0 Å². The molecule has 0 bridgehead atoms. The van der Waals surface area contributed by atoms with Crippen LogP contribution in [0.4, 0.5) is 0 Å². The molecule has 0 unspecified atom stereocenters. The van der Waals surface area contributed by atoms with Gasteiger partial charge in [-0.15, -0.1) is 0 Å². The summed E-state index contributed by atoms with van der Waals surface area (Å²) in [5.41, 5.74) is 27.1. The highest BCUT2D eigenvalue weighted by atomic mass is 32.5. The minimum Gasteiger partial charge on any atom is -0.430 e. The molecule has 73 heavy (non-hydrogen) atoms. The molecule has 0 aromatic carbocycles. The summed E-state index contributed by atoms with van der Waals surface area (Å²) in [7, 11) is -0.750. The van der Waals surface area contributed by atoms with Crippen LogP contribution in [0.1, 0.15) is 356 Å². The van der Waals surface area contributed by atoms with Crippen LogP contribution in [-0.4, -0.2) is 65.1 Å². The van der Waals surface area contributed by atoms with Crippen molar-refractivity contribution < 1.29 is 24.7 Å². The molecule has 0 atom stereocenters. The van der Waals surface area contributed by atoms with Gasteiger partial charge in [-0.3, -0.25) is 0 Å². The summed E-state index contributed by atoms with van der Waals surface area (Å²) < 4.78 is 0. The zero-order valence-electron chi connectivity index (χ0n) is 50.6. The second-order valence-electron chi connectivity index (χ2n) is 20.5. The third kappa shape index (κ3) is 141. The minimum absolute atomic E-state index is 0.750. The van der Waals surface area contributed by atoms with Gasteiger partial charge in [0.2, 0.25) is 0 Å². The average Bonchev–Trinajstić information content (AvgIpc) is 3.37. The first kappa shape index (κ1) is 87.2. The van der Waals surface area contributed by atoms with E-state index in [0.29, 0.717) is 0 Å². The Morgan fingerprint density at radius 2 is 0.301 bits per heavy atom. The predicted molar refractivity (Wildman–Crippen MR) is 337 cm³/mol. The largest absolute Gasteiger partial charge is 0.432 e. The Bertz CT molecular complexity index is 674. The SMILES string of the molecule is CCCCCCCCCCCCN.CCCCCCCCCCCCN.CCCCCCCCCCCCN.CCCCCCCCCCCCN.CCCCCCCCCCCCN.OBO.OP(O)(O)=S. The van der Waals surface area contributed by atoms with E-state index in [1.54, 1.807) is 0 Å². The number of unbranched alkanes of at least 4 members (excludes halogenated alkanes) is 45. The molecule has 0 spiro atoms. The van der Waals surface area contributed by atoms with Gasteiger partial charge in [0.05, 0.1) is 0 Å². The van der Waals surface area contributed by atoms with Crippen LogP contribution in [0.5, 0.6) is 0 Å². The van der Waals surface area contributed by atoms with Gasteiger partial charge in [-0.25, -0.2) is 0 Å². The maximum absolute atomic E-state index is 7.56. The van der Waals surface area contributed by atoms with Crippen LogP contribution < -0.4 is 28.7 Å². The summed E-state index contributed by atoms with van der Waals surface area (Å²) >= 11 is 3.60. The maximum Gasteiger partial charge on any atom is 0.432 e. The fraction of sp³-hybridized carbons (Fsp3) is 1.00. The van der Waals surface area contributed by atoms with Crippen molar-refractivity contribution >= 4 is 26.2 Å². The molecule has 0 rings (SSSR count). The molecule has 0 fully saturated rings. The molecule has 0 amide bonds. The molecular weight excluding hydrogens is 945 g/mol. The second-order valence-corrected chi connectivity index (χ2v) is 23.0. The van der Waals surface area contributed by atoms with Crippen LogP contribution in [0.25, 0.3) is 0 Å². The smallest absolute Gasteiger partial charge is 0.430 e. The zero-order chi connectivity index (χ0) is 56.1. The maximum atomic E-state index is 7.56. The fourth-order valence-electron chi connectivity index (χ4n) is 8.16. The quantitative estimate of drug-likeness (QED) is 0.0156. The van der Waals surface area contributed by atoms with Crippen molar-refractivity contribution in [3.63, 3.8) is 0 Å². The summed E-state index contributed by atoms with van der Waals surface area (Å²) in [6.07, 6.45) is 69.7. The van der Waals surface area contributed by atoms with Crippen LogP contribution in [0.15, 0.2) is 0 Å². The number of hydrogen-bond acceptors (Lipinski definition) is 8. The molecule has 0 aromatic rings. The first-order valence-electron chi connectivity index (χ1n) is 32.0. The van der Waals surface area contributed by atoms with E-state index in [0.717, 1.165) is 32.7 Å². The fourth-order valence-corrected chi connectivity index (χ4v) is 8.16. The van der Waals surface area contributed by atoms with E-state index in [1.165, 1.54) is 321 Å². The van der Waals surface area contributed by atoms with Crippen LogP contribution in [-0.2, 0) is 11.8 Å². The van der Waals surface area contributed by atoms with Gasteiger partial charge in [0.15, 0.2) is 0 Å². The topological polar surface area (TPSA) is 231 Å². The standard InChI is InChI=1S/5C12H27N.BH3O2.H3O3PS/c5*1-2-3-4-5-6-7-8-9-10-11-12-13;2-1-3;1-4(2,3)5/h5*2-13H2,1H3;1-3H;(H3,1,2,3,5). The van der Waals surface area contributed by atoms with Gasteiger partial charge in [-0.05, 0) is 76.6 Å². The molecule has 13 heteroatoms. The molecule has 0 radical (unpaired) electrons. The van der Waals surface area contributed by atoms with Gasteiger partial charge in [0, 0.05) is 0 Å². The monoisotopic (exact) mass is 1090 g/mol. The van der Waals surface area contributed by atoms with Crippen molar-refractivity contribution in [2.24, 2.45) is 28.7 Å². The summed E-state index contributed by atoms with van der Waals surface area (Å²) in [4.78, 5) is 22.7. The lowest BCUT2D eigenvalue weighted by Crippen LogP contribution is -1.97. The first-order valence-corrected chi connectivity index (χ1v) is 34.7. The highest BCUT2D eigenvalue weighted by Gasteiger charge is 1.96. The summed E-state index contributed by atoms with van der Waals surface area (Å²) in [5, 5.41) is 14.2. The van der Waals surface area contributed by atoms with Crippen LogP contribution in [0.2, 0.25) is 0 Å². The Labute approximate surface area is 465 Å². The number of hydrogen-bond donors (Lipinski definition) is 10. The van der Waals surface area contributed by atoms with Crippen molar-refractivity contribution in [2.75, 3.05) is 32.7 Å². The van der Waals surface area contributed by atoms with E-state index < -0.39 is 14.4 Å². The normalized spacial score (nSPS) is 10.5. The van der Waals surface area contributed by atoms with Crippen LogP contribution in [0.3, 0.4) is 0 Å². The molecule has 0 saturated carbocycles. The van der Waals surface area contributed by atoms with E-state index in [-0.39, 0.29) is 0 Å². The lowest BCUT2D eigenvalue weighted by atomic mass is 10.1. The Hall–Kier alpha value is 0.315. The molecule has 0 aliphatic carbocycles. The lowest BCUT2D eigenvalue weighted by molar-refractivity contribution is 0.363. The van der Waals surface area contributed by atoms with Gasteiger partial charge < -0.3 is 53.4 Å². The predicted octanol–water partition coefficient (Wildman–Crippen LogP) is 16.8. The van der Waals surface area contributed by atoms with E-state index in [4.69, 9.17) is 53.4 Å². The highest BCUT2D eigenvalue weighted by Crippen LogP contribution is 2.26. The Morgan fingerprint density at radius 3 is 0.370 bits per heavy atom. The van der Waals surface area contributed by atoms with E-state index in [9.17, 15) is 0 Å². The summed E-state index contributed by atoms with van der Waals surface area (Å²) in [6, 6.07) is 0. The third-order valence-corrected chi connectivity index (χ3v) is 12.8.